The number of sulfone groups is 1. The van der Waals surface area contributed by atoms with Gasteiger partial charge in [0.05, 0.1) is 26.5 Å². The van der Waals surface area contributed by atoms with Crippen LogP contribution in [-0.2, 0) is 16.0 Å². The van der Waals surface area contributed by atoms with Crippen LogP contribution >= 0.6 is 0 Å². The third-order valence-electron chi connectivity index (χ3n) is 7.45. The number of carbonyl (C=O) groups is 1. The van der Waals surface area contributed by atoms with E-state index in [-0.39, 0.29) is 31.6 Å². The summed E-state index contributed by atoms with van der Waals surface area (Å²) in [4.78, 5) is 26.2. The van der Waals surface area contributed by atoms with Crippen LogP contribution in [0.1, 0.15) is 42.6 Å². The van der Waals surface area contributed by atoms with Crippen LogP contribution in [0.4, 0.5) is 26.3 Å². The topological polar surface area (TPSA) is 85.7 Å². The number of alkyl halides is 6. The molecule has 0 saturated carbocycles. The van der Waals surface area contributed by atoms with Crippen LogP contribution in [0.15, 0.2) is 76.6 Å². The number of hydrogen-bond acceptors (Lipinski definition) is 5. The first-order chi connectivity index (χ1) is 19.4. The lowest BCUT2D eigenvalue weighted by atomic mass is 9.85. The van der Waals surface area contributed by atoms with Crippen molar-refractivity contribution in [1.82, 2.24) is 9.47 Å². The lowest BCUT2D eigenvalue weighted by Crippen LogP contribution is -2.47. The fourth-order valence-electron chi connectivity index (χ4n) is 5.00. The Bertz CT molecular complexity index is 1640. The Morgan fingerprint density at radius 2 is 1.57 bits per heavy atom. The van der Waals surface area contributed by atoms with Crippen molar-refractivity contribution in [2.45, 2.75) is 48.9 Å². The average Bonchev–Trinajstić information content (AvgIpc) is 2.91. The Balaban J connectivity index is 1.56. The summed E-state index contributed by atoms with van der Waals surface area (Å²) in [5.74, 6) is -2.17. The molecule has 2 aromatic carbocycles. The van der Waals surface area contributed by atoms with Crippen molar-refractivity contribution < 1.29 is 44.3 Å². The molecule has 0 bridgehead atoms. The molecule has 42 heavy (non-hydrogen) atoms. The number of benzene rings is 2. The van der Waals surface area contributed by atoms with E-state index in [2.05, 4.69) is 4.74 Å². The first-order valence-corrected chi connectivity index (χ1v) is 14.2. The smallest absolute Gasteiger partial charge is 0.405 e. The Morgan fingerprint density at radius 3 is 2.17 bits per heavy atom. The van der Waals surface area contributed by atoms with Gasteiger partial charge in [-0.05, 0) is 69.0 Å². The number of ether oxygens (including phenoxy) is 1. The van der Waals surface area contributed by atoms with Crippen LogP contribution < -0.4 is 10.3 Å². The quantitative estimate of drug-likeness (QED) is 0.324. The number of carbonyl (C=O) groups excluding carboxylic acids is 1. The molecular weight excluding hydrogens is 590 g/mol. The Morgan fingerprint density at radius 1 is 0.905 bits per heavy atom. The van der Waals surface area contributed by atoms with E-state index >= 15 is 0 Å². The van der Waals surface area contributed by atoms with Gasteiger partial charge in [-0.1, -0.05) is 12.1 Å². The third-order valence-corrected chi connectivity index (χ3v) is 10.0. The monoisotopic (exact) mass is 616 g/mol. The minimum Gasteiger partial charge on any atom is -0.405 e. The highest BCUT2D eigenvalue weighted by atomic mass is 32.2. The van der Waals surface area contributed by atoms with E-state index in [1.807, 2.05) is 0 Å². The number of aromatic nitrogens is 1. The van der Waals surface area contributed by atoms with Crippen LogP contribution in [0.3, 0.4) is 0 Å². The highest BCUT2D eigenvalue weighted by molar-refractivity contribution is 7.92. The van der Waals surface area contributed by atoms with E-state index in [1.54, 1.807) is 0 Å². The van der Waals surface area contributed by atoms with Gasteiger partial charge in [-0.2, -0.15) is 13.2 Å². The zero-order valence-corrected chi connectivity index (χ0v) is 23.2. The minimum absolute atomic E-state index is 0.0175. The first-order valence-electron chi connectivity index (χ1n) is 12.7. The molecule has 7 nitrogen and oxygen atoms in total. The number of rotatable bonds is 6. The van der Waals surface area contributed by atoms with Crippen molar-refractivity contribution >= 4 is 15.7 Å². The molecule has 1 fully saturated rings. The highest BCUT2D eigenvalue weighted by Gasteiger charge is 2.45. The summed E-state index contributed by atoms with van der Waals surface area (Å²) < 4.78 is 110. The van der Waals surface area contributed by atoms with Crippen LogP contribution in [0, 0.1) is 5.92 Å². The maximum atomic E-state index is 13.4. The summed E-state index contributed by atoms with van der Waals surface area (Å²) in [5, 5.41) is 0. The van der Waals surface area contributed by atoms with Gasteiger partial charge in [-0.3, -0.25) is 14.2 Å². The standard InChI is InChI=1S/C28H26F6N2O5S/c1-26(2,42(39,40)21-7-5-6-19(16-21)27(29,30)31)18-11-14-35(15-12-18)25(38)22-10-9-20(17-23(22)41-28(32,33)34)36-13-4-3-8-24(36)37/h3-10,13,16-18H,11-12,14-15H2,1-2H3. The van der Waals surface area contributed by atoms with Crippen molar-refractivity contribution in [3.8, 4) is 11.4 Å². The lowest BCUT2D eigenvalue weighted by molar-refractivity contribution is -0.274. The van der Waals surface area contributed by atoms with E-state index < -0.39 is 66.3 Å². The largest absolute Gasteiger partial charge is 0.573 e. The minimum atomic E-state index is -5.13. The molecule has 0 aliphatic carbocycles. The van der Waals surface area contributed by atoms with Gasteiger partial charge in [-0.15, -0.1) is 13.2 Å². The summed E-state index contributed by atoms with van der Waals surface area (Å²) in [6, 6.07) is 11.0. The predicted molar refractivity (Wildman–Crippen MR) is 140 cm³/mol. The Kier molecular flexibility index (Phi) is 8.24. The molecule has 1 saturated heterocycles. The van der Waals surface area contributed by atoms with Gasteiger partial charge >= 0.3 is 12.5 Å². The molecule has 0 spiro atoms. The summed E-state index contributed by atoms with van der Waals surface area (Å²) in [7, 11) is -4.25. The third kappa shape index (κ3) is 6.32. The number of nitrogens with zero attached hydrogens (tertiary/aromatic N) is 2. The van der Waals surface area contributed by atoms with Crippen molar-refractivity contribution in [1.29, 1.82) is 0 Å². The van der Waals surface area contributed by atoms with Crippen LogP contribution in [0.5, 0.6) is 5.75 Å². The van der Waals surface area contributed by atoms with Gasteiger partial charge in [-0.25, -0.2) is 8.42 Å². The molecule has 3 aromatic rings. The molecule has 226 valence electrons. The molecule has 1 amide bonds. The van der Waals surface area contributed by atoms with Gasteiger partial charge in [0.1, 0.15) is 5.75 Å². The molecule has 0 N–H and O–H groups in total. The van der Waals surface area contributed by atoms with Gasteiger partial charge in [0.25, 0.3) is 11.5 Å². The van der Waals surface area contributed by atoms with Crippen molar-refractivity contribution in [2.24, 2.45) is 5.92 Å². The fraction of sp³-hybridized carbons (Fsp3) is 0.357. The normalized spacial score (nSPS) is 15.5. The zero-order chi connectivity index (χ0) is 31.1. The van der Waals surface area contributed by atoms with Crippen molar-refractivity contribution in [2.75, 3.05) is 13.1 Å². The second kappa shape index (κ2) is 11.1. The number of piperidine rings is 1. The highest BCUT2D eigenvalue weighted by Crippen LogP contribution is 2.40. The van der Waals surface area contributed by atoms with Gasteiger partial charge in [0.15, 0.2) is 9.84 Å². The molecule has 0 atom stereocenters. The first kappa shape index (κ1) is 31.1. The Labute approximate surface area is 237 Å². The second-order valence-corrected chi connectivity index (χ2v) is 12.9. The molecule has 0 unspecified atom stereocenters. The molecule has 2 heterocycles. The van der Waals surface area contributed by atoms with Crippen molar-refractivity contribution in [3.63, 3.8) is 0 Å². The fourth-order valence-corrected chi connectivity index (χ4v) is 6.82. The number of pyridine rings is 1. The zero-order valence-electron chi connectivity index (χ0n) is 22.4. The van der Waals surface area contributed by atoms with Gasteiger partial charge in [0, 0.05) is 31.4 Å². The van der Waals surface area contributed by atoms with Crippen LogP contribution in [0.2, 0.25) is 0 Å². The summed E-state index contributed by atoms with van der Waals surface area (Å²) in [5.41, 5.74) is -1.98. The summed E-state index contributed by atoms with van der Waals surface area (Å²) >= 11 is 0. The molecular formula is C28H26F6N2O5S. The number of amides is 1. The van der Waals surface area contributed by atoms with E-state index in [9.17, 15) is 44.3 Å². The molecule has 1 aromatic heterocycles. The Hall–Kier alpha value is -3.81. The van der Waals surface area contributed by atoms with Crippen LogP contribution in [0.25, 0.3) is 5.69 Å². The van der Waals surface area contributed by atoms with Gasteiger partial charge < -0.3 is 9.64 Å². The van der Waals surface area contributed by atoms with E-state index in [0.717, 1.165) is 34.9 Å². The summed E-state index contributed by atoms with van der Waals surface area (Å²) in [6.07, 6.45) is -8.26. The van der Waals surface area contributed by atoms with E-state index in [1.165, 1.54) is 49.2 Å². The number of likely N-dealkylation sites (tertiary alicyclic amines) is 1. The van der Waals surface area contributed by atoms with Crippen LogP contribution in [-0.4, -0.2) is 48.0 Å². The molecule has 14 heteroatoms. The lowest BCUT2D eigenvalue weighted by Gasteiger charge is -2.40. The van der Waals surface area contributed by atoms with E-state index in [4.69, 9.17) is 0 Å². The molecule has 0 radical (unpaired) electrons. The summed E-state index contributed by atoms with van der Waals surface area (Å²) in [6.45, 7) is 2.78. The SMILES string of the molecule is CC(C)(C1CCN(C(=O)c2ccc(-n3ccccc3=O)cc2OC(F)(F)F)CC1)S(=O)(=O)c1cccc(C(F)(F)F)c1. The second-order valence-electron chi connectivity index (χ2n) is 10.3. The number of hydrogen-bond donors (Lipinski definition) is 0. The van der Waals surface area contributed by atoms with Crippen molar-refractivity contribution in [3.05, 3.63) is 88.3 Å². The molecule has 1 aliphatic rings. The number of halogens is 6. The predicted octanol–water partition coefficient (Wildman–Crippen LogP) is 5.86. The average molecular weight is 617 g/mol. The maximum Gasteiger partial charge on any atom is 0.573 e. The van der Waals surface area contributed by atoms with E-state index in [0.29, 0.717) is 6.07 Å². The van der Waals surface area contributed by atoms with Gasteiger partial charge in [0.2, 0.25) is 0 Å². The molecule has 4 rings (SSSR count). The maximum absolute atomic E-state index is 13.4. The molecule has 1 aliphatic heterocycles.